The fraction of sp³-hybridized carbons (Fsp3) is 0.294. The number of aromatic hydroxyl groups is 1. The van der Waals surface area contributed by atoms with Crippen molar-refractivity contribution >= 4 is 52.1 Å². The van der Waals surface area contributed by atoms with Crippen molar-refractivity contribution in [1.82, 2.24) is 0 Å². The van der Waals surface area contributed by atoms with Crippen molar-refractivity contribution in [3.8, 4) is 5.75 Å². The molecule has 1 N–H and O–H groups in total. The number of nitroso groups, excluding NO2 is 1. The summed E-state index contributed by atoms with van der Waals surface area (Å²) in [5, 5.41) is 14.3. The van der Waals surface area contributed by atoms with Gasteiger partial charge in [0.15, 0.2) is 0 Å². The first-order valence-corrected chi connectivity index (χ1v) is 8.70. The van der Waals surface area contributed by atoms with E-state index in [1.165, 1.54) is 6.07 Å². The van der Waals surface area contributed by atoms with Gasteiger partial charge in [-0.05, 0) is 35.2 Å². The zero-order valence-electron chi connectivity index (χ0n) is 13.3. The number of halogens is 4. The van der Waals surface area contributed by atoms with Crippen LogP contribution in [-0.4, -0.2) is 5.11 Å². The van der Waals surface area contributed by atoms with Crippen molar-refractivity contribution in [1.29, 1.82) is 0 Å². The van der Waals surface area contributed by atoms with E-state index < -0.39 is 0 Å². The standard InChI is InChI=1S/C17H15Cl4NO2/c1-7(2)9-4-8(3)17(23)11(14(9)20)5-10-15(21)12(18)6-13(19)16(10)22-24/h4,6-7,23H,5H2,1-3H3. The number of phenolic OH excluding ortho intramolecular Hbond substituents is 1. The number of hydrogen-bond donors (Lipinski definition) is 1. The Morgan fingerprint density at radius 3 is 2.21 bits per heavy atom. The molecule has 0 aliphatic heterocycles. The van der Waals surface area contributed by atoms with Gasteiger partial charge in [0.05, 0.1) is 20.1 Å². The van der Waals surface area contributed by atoms with E-state index in [9.17, 15) is 10.0 Å². The van der Waals surface area contributed by atoms with E-state index in [-0.39, 0.29) is 38.8 Å². The molecule has 2 rings (SSSR count). The number of aryl methyl sites for hydroxylation is 1. The molecule has 2 aromatic rings. The Hall–Kier alpha value is -1.00. The molecule has 0 spiro atoms. The number of phenols is 1. The average molecular weight is 407 g/mol. The van der Waals surface area contributed by atoms with E-state index >= 15 is 0 Å². The molecule has 0 aliphatic rings. The van der Waals surface area contributed by atoms with Gasteiger partial charge in [0.2, 0.25) is 0 Å². The molecular formula is C17H15Cl4NO2. The molecule has 24 heavy (non-hydrogen) atoms. The lowest BCUT2D eigenvalue weighted by Gasteiger charge is -2.18. The van der Waals surface area contributed by atoms with E-state index in [1.807, 2.05) is 19.9 Å². The lowest BCUT2D eigenvalue weighted by atomic mass is 9.93. The van der Waals surface area contributed by atoms with Crippen LogP contribution < -0.4 is 0 Å². The minimum atomic E-state index is -0.00543. The highest BCUT2D eigenvalue weighted by Gasteiger charge is 2.22. The molecule has 0 aromatic heterocycles. The number of rotatable bonds is 4. The number of hydrogen-bond acceptors (Lipinski definition) is 3. The quantitative estimate of drug-likeness (QED) is 0.423. The van der Waals surface area contributed by atoms with Crippen LogP contribution in [0.25, 0.3) is 0 Å². The minimum Gasteiger partial charge on any atom is -0.507 e. The van der Waals surface area contributed by atoms with Gasteiger partial charge in [-0.3, -0.25) is 0 Å². The second-order valence-corrected chi connectivity index (χ2v) is 7.40. The average Bonchev–Trinajstić information content (AvgIpc) is 2.51. The number of nitrogens with zero attached hydrogens (tertiary/aromatic N) is 1. The second-order valence-electron chi connectivity index (χ2n) is 5.83. The molecule has 3 nitrogen and oxygen atoms in total. The smallest absolute Gasteiger partial charge is 0.131 e. The topological polar surface area (TPSA) is 49.7 Å². The van der Waals surface area contributed by atoms with Crippen LogP contribution in [0.4, 0.5) is 5.69 Å². The van der Waals surface area contributed by atoms with Crippen molar-refractivity contribution in [2.75, 3.05) is 0 Å². The molecule has 0 saturated heterocycles. The highest BCUT2D eigenvalue weighted by Crippen LogP contribution is 2.44. The van der Waals surface area contributed by atoms with Crippen LogP contribution in [0.15, 0.2) is 17.3 Å². The summed E-state index contributed by atoms with van der Waals surface area (Å²) in [6.07, 6.45) is 0.0895. The largest absolute Gasteiger partial charge is 0.507 e. The Morgan fingerprint density at radius 1 is 1.04 bits per heavy atom. The molecule has 0 heterocycles. The van der Waals surface area contributed by atoms with Crippen LogP contribution in [0.1, 0.15) is 42.0 Å². The number of benzene rings is 2. The zero-order valence-corrected chi connectivity index (χ0v) is 16.3. The van der Waals surface area contributed by atoms with Gasteiger partial charge in [0.1, 0.15) is 11.4 Å². The summed E-state index contributed by atoms with van der Waals surface area (Å²) in [6, 6.07) is 3.21. The highest BCUT2D eigenvalue weighted by atomic mass is 35.5. The van der Waals surface area contributed by atoms with E-state index in [0.717, 1.165) is 5.56 Å². The molecule has 7 heteroatoms. The predicted molar refractivity (Wildman–Crippen MR) is 102 cm³/mol. The molecule has 0 saturated carbocycles. The Morgan fingerprint density at radius 2 is 1.67 bits per heavy atom. The molecule has 128 valence electrons. The maximum atomic E-state index is 11.2. The first-order chi connectivity index (χ1) is 11.2. The first-order valence-electron chi connectivity index (χ1n) is 7.19. The summed E-state index contributed by atoms with van der Waals surface area (Å²) in [6.45, 7) is 5.79. The van der Waals surface area contributed by atoms with Crippen LogP contribution in [0.5, 0.6) is 5.75 Å². The van der Waals surface area contributed by atoms with Crippen molar-refractivity contribution in [3.05, 3.63) is 59.4 Å². The third kappa shape index (κ3) is 3.50. The zero-order chi connectivity index (χ0) is 18.2. The summed E-state index contributed by atoms with van der Waals surface area (Å²) in [5.41, 5.74) is 2.37. The fourth-order valence-corrected chi connectivity index (χ4v) is 3.71. The summed E-state index contributed by atoms with van der Waals surface area (Å²) in [7, 11) is 0. The summed E-state index contributed by atoms with van der Waals surface area (Å²) < 4.78 is 0. The van der Waals surface area contributed by atoms with Gasteiger partial charge in [-0.2, -0.15) is 0 Å². The van der Waals surface area contributed by atoms with Crippen molar-refractivity contribution in [2.45, 2.75) is 33.1 Å². The van der Waals surface area contributed by atoms with Gasteiger partial charge in [-0.15, -0.1) is 4.91 Å². The predicted octanol–water partition coefficient (Wildman–Crippen LogP) is 7.43. The third-order valence-corrected chi connectivity index (χ3v) is 5.42. The molecule has 0 radical (unpaired) electrons. The van der Waals surface area contributed by atoms with Gasteiger partial charge < -0.3 is 5.11 Å². The highest BCUT2D eigenvalue weighted by molar-refractivity contribution is 6.44. The van der Waals surface area contributed by atoms with Crippen molar-refractivity contribution < 1.29 is 5.11 Å². The Bertz CT molecular complexity index is 819. The molecule has 0 atom stereocenters. The summed E-state index contributed by atoms with van der Waals surface area (Å²) in [4.78, 5) is 11.2. The van der Waals surface area contributed by atoms with Crippen LogP contribution in [-0.2, 0) is 6.42 Å². The minimum absolute atomic E-state index is 0.00543. The van der Waals surface area contributed by atoms with Crippen molar-refractivity contribution in [3.63, 3.8) is 0 Å². The first kappa shape index (κ1) is 19.3. The lowest BCUT2D eigenvalue weighted by molar-refractivity contribution is 0.465. The SMILES string of the molecule is Cc1cc(C(C)C)c(Cl)c(Cc2c(Cl)c(Cl)cc(Cl)c2N=O)c1O. The molecule has 0 fully saturated rings. The summed E-state index contributed by atoms with van der Waals surface area (Å²) in [5.74, 6) is 0.214. The van der Waals surface area contributed by atoms with E-state index in [1.54, 1.807) is 6.92 Å². The van der Waals surface area contributed by atoms with Crippen LogP contribution >= 0.6 is 46.4 Å². The van der Waals surface area contributed by atoms with Gasteiger partial charge >= 0.3 is 0 Å². The maximum Gasteiger partial charge on any atom is 0.131 e. The third-order valence-electron chi connectivity index (χ3n) is 3.86. The molecule has 0 unspecified atom stereocenters. The van der Waals surface area contributed by atoms with Gasteiger partial charge in [-0.25, -0.2) is 0 Å². The van der Waals surface area contributed by atoms with Gasteiger partial charge in [0, 0.05) is 17.5 Å². The van der Waals surface area contributed by atoms with E-state index in [0.29, 0.717) is 21.7 Å². The monoisotopic (exact) mass is 405 g/mol. The maximum absolute atomic E-state index is 11.2. The molecule has 0 amide bonds. The molecule has 2 aromatic carbocycles. The Kier molecular flexibility index (Phi) is 6.03. The normalized spacial score (nSPS) is 11.2. The van der Waals surface area contributed by atoms with Crippen molar-refractivity contribution in [2.24, 2.45) is 5.18 Å². The molecule has 0 bridgehead atoms. The Labute approximate surface area is 160 Å². The van der Waals surface area contributed by atoms with E-state index in [2.05, 4.69) is 5.18 Å². The van der Waals surface area contributed by atoms with Gasteiger partial charge in [-0.1, -0.05) is 66.3 Å². The van der Waals surface area contributed by atoms with Crippen LogP contribution in [0.2, 0.25) is 20.1 Å². The summed E-state index contributed by atoms with van der Waals surface area (Å²) >= 11 is 24.8. The Balaban J connectivity index is 2.71. The molecular weight excluding hydrogens is 392 g/mol. The van der Waals surface area contributed by atoms with Crippen LogP contribution in [0.3, 0.4) is 0 Å². The van der Waals surface area contributed by atoms with E-state index in [4.69, 9.17) is 46.4 Å². The second kappa shape index (κ2) is 7.49. The molecule has 0 aliphatic carbocycles. The van der Waals surface area contributed by atoms with Gasteiger partial charge in [0.25, 0.3) is 0 Å². The lowest BCUT2D eigenvalue weighted by Crippen LogP contribution is -2.00. The van der Waals surface area contributed by atoms with Crippen LogP contribution in [0, 0.1) is 11.8 Å². The fourth-order valence-electron chi connectivity index (χ4n) is 2.53.